The Morgan fingerprint density at radius 1 is 1.03 bits per heavy atom. The monoisotopic (exact) mass is 436 g/mol. The third kappa shape index (κ3) is 6.24. The molecule has 0 aliphatic heterocycles. The Labute approximate surface area is 191 Å². The van der Waals surface area contributed by atoms with Crippen LogP contribution in [0.3, 0.4) is 0 Å². The van der Waals surface area contributed by atoms with Gasteiger partial charge in [-0.25, -0.2) is 0 Å². The molecule has 3 rings (SSSR count). The van der Waals surface area contributed by atoms with Gasteiger partial charge in [0, 0.05) is 35.6 Å². The van der Waals surface area contributed by atoms with Crippen LogP contribution in [-0.2, 0) is 18.5 Å². The summed E-state index contributed by atoms with van der Waals surface area (Å²) < 4.78 is 2.19. The van der Waals surface area contributed by atoms with Gasteiger partial charge in [-0.15, -0.1) is 0 Å². The SMILES string of the molecule is CC(C)CN(Cc1cccn1Cc1cccc(Cl)c1)C(=O)c1ccc(C(C)(C)C)cc1. The topological polar surface area (TPSA) is 25.2 Å². The van der Waals surface area contributed by atoms with E-state index in [1.165, 1.54) is 5.56 Å². The number of amides is 1. The fourth-order valence-electron chi connectivity index (χ4n) is 3.73. The number of aromatic nitrogens is 1. The van der Waals surface area contributed by atoms with E-state index in [2.05, 4.69) is 69.6 Å². The quantitative estimate of drug-likeness (QED) is 0.400. The maximum absolute atomic E-state index is 13.4. The third-order valence-electron chi connectivity index (χ3n) is 5.39. The second kappa shape index (κ2) is 9.74. The Morgan fingerprint density at radius 2 is 1.74 bits per heavy atom. The van der Waals surface area contributed by atoms with Crippen LogP contribution in [-0.4, -0.2) is 21.9 Å². The van der Waals surface area contributed by atoms with Crippen molar-refractivity contribution < 1.29 is 4.79 Å². The standard InChI is InChI=1S/C27H33ClN2O/c1-20(2)17-30(26(31)22-11-13-23(14-12-22)27(3,4)5)19-25-10-7-15-29(25)18-21-8-6-9-24(28)16-21/h6-16,20H,17-19H2,1-5H3. The molecule has 0 saturated carbocycles. The average molecular weight is 437 g/mol. The zero-order valence-electron chi connectivity index (χ0n) is 19.2. The van der Waals surface area contributed by atoms with Gasteiger partial charge in [-0.05, 0) is 58.9 Å². The summed E-state index contributed by atoms with van der Waals surface area (Å²) in [4.78, 5) is 15.3. The molecule has 2 aromatic carbocycles. The molecule has 0 unspecified atom stereocenters. The zero-order chi connectivity index (χ0) is 22.6. The van der Waals surface area contributed by atoms with E-state index in [-0.39, 0.29) is 11.3 Å². The normalized spacial score (nSPS) is 11.7. The largest absolute Gasteiger partial charge is 0.345 e. The van der Waals surface area contributed by atoms with Gasteiger partial charge < -0.3 is 9.47 Å². The van der Waals surface area contributed by atoms with Crippen LogP contribution in [0, 0.1) is 5.92 Å². The summed E-state index contributed by atoms with van der Waals surface area (Å²) in [5.74, 6) is 0.457. The molecule has 1 aromatic heterocycles. The summed E-state index contributed by atoms with van der Waals surface area (Å²) in [6.07, 6.45) is 2.06. The lowest BCUT2D eigenvalue weighted by Crippen LogP contribution is -2.34. The molecule has 0 bridgehead atoms. The number of rotatable bonds is 7. The summed E-state index contributed by atoms with van der Waals surface area (Å²) in [5.41, 5.74) is 4.29. The molecule has 0 radical (unpaired) electrons. The second-order valence-electron chi connectivity index (χ2n) is 9.66. The first-order valence-electron chi connectivity index (χ1n) is 10.9. The molecule has 4 heteroatoms. The Hall–Kier alpha value is -2.52. The van der Waals surface area contributed by atoms with Crippen molar-refractivity contribution in [2.24, 2.45) is 5.92 Å². The van der Waals surface area contributed by atoms with Crippen LogP contribution in [0.5, 0.6) is 0 Å². The van der Waals surface area contributed by atoms with Crippen LogP contribution in [0.15, 0.2) is 66.9 Å². The lowest BCUT2D eigenvalue weighted by atomic mass is 9.86. The van der Waals surface area contributed by atoms with E-state index < -0.39 is 0 Å². The molecule has 0 N–H and O–H groups in total. The first-order valence-corrected chi connectivity index (χ1v) is 11.3. The summed E-state index contributed by atoms with van der Waals surface area (Å²) >= 11 is 6.15. The van der Waals surface area contributed by atoms with Crippen molar-refractivity contribution in [3.63, 3.8) is 0 Å². The summed E-state index contributed by atoms with van der Waals surface area (Å²) in [6.45, 7) is 12.9. The molecule has 3 nitrogen and oxygen atoms in total. The second-order valence-corrected chi connectivity index (χ2v) is 10.1. The van der Waals surface area contributed by atoms with Crippen LogP contribution in [0.2, 0.25) is 5.02 Å². The van der Waals surface area contributed by atoms with Crippen molar-refractivity contribution in [3.05, 3.63) is 94.3 Å². The van der Waals surface area contributed by atoms with E-state index in [9.17, 15) is 4.79 Å². The predicted octanol–water partition coefficient (Wildman–Crippen LogP) is 6.79. The smallest absolute Gasteiger partial charge is 0.254 e. The molecule has 31 heavy (non-hydrogen) atoms. The van der Waals surface area contributed by atoms with E-state index in [1.54, 1.807) is 0 Å². The Kier molecular flexibility index (Phi) is 7.27. The van der Waals surface area contributed by atoms with Crippen LogP contribution < -0.4 is 0 Å². The van der Waals surface area contributed by atoms with Crippen molar-refractivity contribution in [1.82, 2.24) is 9.47 Å². The average Bonchev–Trinajstić information content (AvgIpc) is 3.12. The van der Waals surface area contributed by atoms with Crippen LogP contribution in [0.1, 0.15) is 61.8 Å². The molecule has 0 aliphatic rings. The molecule has 0 aliphatic carbocycles. The minimum Gasteiger partial charge on any atom is -0.345 e. The van der Waals surface area contributed by atoms with E-state index in [0.29, 0.717) is 19.0 Å². The van der Waals surface area contributed by atoms with E-state index >= 15 is 0 Å². The number of carbonyl (C=O) groups excluding carboxylic acids is 1. The molecular formula is C27H33ClN2O. The van der Waals surface area contributed by atoms with Gasteiger partial charge in [-0.2, -0.15) is 0 Å². The molecule has 1 heterocycles. The Morgan fingerprint density at radius 3 is 2.35 bits per heavy atom. The molecule has 0 saturated heterocycles. The van der Waals surface area contributed by atoms with Gasteiger partial charge in [0.25, 0.3) is 5.91 Å². The Balaban J connectivity index is 1.81. The Bertz CT molecular complexity index is 1010. The zero-order valence-corrected chi connectivity index (χ0v) is 20.0. The van der Waals surface area contributed by atoms with Crippen molar-refractivity contribution in [1.29, 1.82) is 0 Å². The van der Waals surface area contributed by atoms with Crippen LogP contribution >= 0.6 is 11.6 Å². The lowest BCUT2D eigenvalue weighted by Gasteiger charge is -2.26. The first-order chi connectivity index (χ1) is 14.6. The molecule has 3 aromatic rings. The fourth-order valence-corrected chi connectivity index (χ4v) is 3.94. The first kappa shape index (κ1) is 23.1. The van der Waals surface area contributed by atoms with E-state index in [4.69, 9.17) is 11.6 Å². The summed E-state index contributed by atoms with van der Waals surface area (Å²) in [6, 6.07) is 20.1. The van der Waals surface area contributed by atoms with Gasteiger partial charge in [0.2, 0.25) is 0 Å². The highest BCUT2D eigenvalue weighted by molar-refractivity contribution is 6.30. The van der Waals surface area contributed by atoms with E-state index in [0.717, 1.165) is 28.4 Å². The number of hydrogen-bond donors (Lipinski definition) is 0. The number of halogens is 1. The minimum absolute atomic E-state index is 0.0698. The van der Waals surface area contributed by atoms with Crippen molar-refractivity contribution in [3.8, 4) is 0 Å². The molecule has 0 atom stereocenters. The fraction of sp³-hybridized carbons (Fsp3) is 0.370. The summed E-state index contributed by atoms with van der Waals surface area (Å²) in [7, 11) is 0. The van der Waals surface area contributed by atoms with Crippen molar-refractivity contribution in [2.45, 2.75) is 53.1 Å². The highest BCUT2D eigenvalue weighted by Gasteiger charge is 2.20. The number of nitrogens with zero attached hydrogens (tertiary/aromatic N) is 2. The van der Waals surface area contributed by atoms with E-state index in [1.807, 2.05) is 41.3 Å². The number of carbonyl (C=O) groups is 1. The van der Waals surface area contributed by atoms with Gasteiger partial charge >= 0.3 is 0 Å². The van der Waals surface area contributed by atoms with Gasteiger partial charge in [0.1, 0.15) is 0 Å². The molecule has 0 fully saturated rings. The van der Waals surface area contributed by atoms with Crippen LogP contribution in [0.25, 0.3) is 0 Å². The number of hydrogen-bond acceptors (Lipinski definition) is 1. The van der Waals surface area contributed by atoms with Crippen molar-refractivity contribution in [2.75, 3.05) is 6.54 Å². The third-order valence-corrected chi connectivity index (χ3v) is 5.62. The molecule has 0 spiro atoms. The molecule has 1 amide bonds. The molecular weight excluding hydrogens is 404 g/mol. The van der Waals surface area contributed by atoms with Crippen molar-refractivity contribution >= 4 is 17.5 Å². The number of benzene rings is 2. The van der Waals surface area contributed by atoms with Gasteiger partial charge in [-0.1, -0.05) is 70.5 Å². The minimum atomic E-state index is 0.0698. The predicted molar refractivity (Wildman–Crippen MR) is 130 cm³/mol. The van der Waals surface area contributed by atoms with Gasteiger partial charge in [0.05, 0.1) is 6.54 Å². The summed E-state index contributed by atoms with van der Waals surface area (Å²) in [5, 5.41) is 0.738. The maximum Gasteiger partial charge on any atom is 0.254 e. The highest BCUT2D eigenvalue weighted by atomic mass is 35.5. The van der Waals surface area contributed by atoms with Crippen LogP contribution in [0.4, 0.5) is 0 Å². The lowest BCUT2D eigenvalue weighted by molar-refractivity contribution is 0.0718. The van der Waals surface area contributed by atoms with Gasteiger partial charge in [-0.3, -0.25) is 4.79 Å². The highest BCUT2D eigenvalue weighted by Crippen LogP contribution is 2.23. The van der Waals surface area contributed by atoms with Gasteiger partial charge in [0.15, 0.2) is 0 Å². The maximum atomic E-state index is 13.4. The molecule has 164 valence electrons.